The number of piperazine rings is 1. The highest BCUT2D eigenvalue weighted by molar-refractivity contribution is 5.94. The number of rotatable bonds is 4. The molecule has 0 spiro atoms. The lowest BCUT2D eigenvalue weighted by Gasteiger charge is -2.38. The molecule has 0 unspecified atom stereocenters. The number of halogens is 2. The molecule has 3 rings (SSSR count). The van der Waals surface area contributed by atoms with Gasteiger partial charge in [-0.1, -0.05) is 18.2 Å². The molecule has 2 aromatic carbocycles. The number of nitrogens with zero attached hydrogens (tertiary/aromatic N) is 2. The van der Waals surface area contributed by atoms with Gasteiger partial charge < -0.3 is 10.2 Å². The highest BCUT2D eigenvalue weighted by Crippen LogP contribution is 2.18. The predicted molar refractivity (Wildman–Crippen MR) is 94.7 cm³/mol. The Bertz CT molecular complexity index is 731. The molecule has 1 amide bonds. The van der Waals surface area contributed by atoms with Crippen LogP contribution < -0.4 is 10.2 Å². The van der Waals surface area contributed by atoms with Crippen LogP contribution in [-0.4, -0.2) is 43.0 Å². The molecule has 1 atom stereocenters. The minimum Gasteiger partial charge on any atom is -0.369 e. The molecule has 2 aromatic rings. The second-order valence-corrected chi connectivity index (χ2v) is 6.15. The Labute approximate surface area is 146 Å². The van der Waals surface area contributed by atoms with E-state index in [9.17, 15) is 13.6 Å². The lowest BCUT2D eigenvalue weighted by Crippen LogP contribution is -2.52. The van der Waals surface area contributed by atoms with E-state index in [1.165, 1.54) is 11.8 Å². The molecule has 132 valence electrons. The third-order valence-electron chi connectivity index (χ3n) is 4.55. The summed E-state index contributed by atoms with van der Waals surface area (Å²) < 4.78 is 26.2. The maximum atomic E-state index is 13.2. The van der Waals surface area contributed by atoms with Gasteiger partial charge in [0.15, 0.2) is 11.6 Å². The summed E-state index contributed by atoms with van der Waals surface area (Å²) in [7, 11) is 0. The van der Waals surface area contributed by atoms with Crippen LogP contribution in [0.15, 0.2) is 48.5 Å². The molecule has 1 aliphatic heterocycles. The number of carbonyl (C=O) groups excluding carboxylic acids is 1. The van der Waals surface area contributed by atoms with Gasteiger partial charge in [-0.2, -0.15) is 0 Å². The first-order valence-electron chi connectivity index (χ1n) is 8.34. The van der Waals surface area contributed by atoms with Crippen LogP contribution in [0.1, 0.15) is 6.92 Å². The average Bonchev–Trinajstić information content (AvgIpc) is 2.65. The molecule has 1 aliphatic rings. The molecule has 25 heavy (non-hydrogen) atoms. The Hall–Kier alpha value is -2.47. The highest BCUT2D eigenvalue weighted by atomic mass is 19.2. The largest absolute Gasteiger partial charge is 0.369 e. The average molecular weight is 345 g/mol. The summed E-state index contributed by atoms with van der Waals surface area (Å²) in [5.41, 5.74) is 1.44. The van der Waals surface area contributed by atoms with Gasteiger partial charge in [0.1, 0.15) is 0 Å². The number of nitrogens with one attached hydrogen (secondary N) is 1. The summed E-state index contributed by atoms with van der Waals surface area (Å²) in [6.07, 6.45) is 0. The summed E-state index contributed by atoms with van der Waals surface area (Å²) in [4.78, 5) is 16.8. The number of hydrogen-bond acceptors (Lipinski definition) is 3. The van der Waals surface area contributed by atoms with Crippen molar-refractivity contribution < 1.29 is 13.6 Å². The van der Waals surface area contributed by atoms with Gasteiger partial charge >= 0.3 is 0 Å². The molecule has 0 saturated carbocycles. The van der Waals surface area contributed by atoms with Crippen molar-refractivity contribution in [2.45, 2.75) is 13.0 Å². The van der Waals surface area contributed by atoms with Crippen molar-refractivity contribution in [3.8, 4) is 0 Å². The number of carbonyl (C=O) groups is 1. The van der Waals surface area contributed by atoms with E-state index in [1.807, 2.05) is 25.1 Å². The van der Waals surface area contributed by atoms with E-state index in [0.29, 0.717) is 0 Å². The van der Waals surface area contributed by atoms with Crippen LogP contribution >= 0.6 is 0 Å². The van der Waals surface area contributed by atoms with Crippen LogP contribution in [0.4, 0.5) is 20.2 Å². The van der Waals surface area contributed by atoms with E-state index in [1.54, 1.807) is 0 Å². The maximum absolute atomic E-state index is 13.2. The second-order valence-electron chi connectivity index (χ2n) is 6.15. The van der Waals surface area contributed by atoms with Gasteiger partial charge in [-0.3, -0.25) is 9.69 Å². The SMILES string of the molecule is C[C@H](C(=O)Nc1ccc(F)c(F)c1)N1CCN(c2ccccc2)CC1. The van der Waals surface area contributed by atoms with E-state index in [-0.39, 0.29) is 17.6 Å². The summed E-state index contributed by atoms with van der Waals surface area (Å²) >= 11 is 0. The Kier molecular flexibility index (Phi) is 5.28. The lowest BCUT2D eigenvalue weighted by molar-refractivity contribution is -0.120. The normalized spacial score (nSPS) is 16.5. The zero-order chi connectivity index (χ0) is 17.8. The maximum Gasteiger partial charge on any atom is 0.241 e. The van der Waals surface area contributed by atoms with Gasteiger partial charge in [-0.25, -0.2) is 8.78 Å². The molecule has 0 aromatic heterocycles. The van der Waals surface area contributed by atoms with Gasteiger partial charge in [0.05, 0.1) is 6.04 Å². The molecular weight excluding hydrogens is 324 g/mol. The van der Waals surface area contributed by atoms with Gasteiger partial charge in [0.2, 0.25) is 5.91 Å². The van der Waals surface area contributed by atoms with Crippen molar-refractivity contribution in [2.75, 3.05) is 36.4 Å². The van der Waals surface area contributed by atoms with Crippen LogP contribution in [0.5, 0.6) is 0 Å². The van der Waals surface area contributed by atoms with Gasteiger partial charge in [-0.15, -0.1) is 0 Å². The smallest absolute Gasteiger partial charge is 0.241 e. The minimum atomic E-state index is -0.970. The minimum absolute atomic E-state index is 0.223. The van der Waals surface area contributed by atoms with E-state index in [0.717, 1.165) is 38.3 Å². The Morgan fingerprint density at radius 3 is 2.32 bits per heavy atom. The van der Waals surface area contributed by atoms with Crippen LogP contribution in [0.25, 0.3) is 0 Å². The summed E-state index contributed by atoms with van der Waals surface area (Å²) in [5.74, 6) is -2.12. The zero-order valence-electron chi connectivity index (χ0n) is 14.1. The number of anilines is 2. The van der Waals surface area contributed by atoms with Crippen molar-refractivity contribution in [2.24, 2.45) is 0 Å². The molecule has 1 N–H and O–H groups in total. The standard InChI is InChI=1S/C19H21F2N3O/c1-14(19(25)22-15-7-8-17(20)18(21)13-15)23-9-11-24(12-10-23)16-5-3-2-4-6-16/h2-8,13-14H,9-12H2,1H3,(H,22,25)/t14-/m1/s1. The van der Waals surface area contributed by atoms with Crippen molar-refractivity contribution in [1.29, 1.82) is 0 Å². The van der Waals surface area contributed by atoms with E-state index >= 15 is 0 Å². The van der Waals surface area contributed by atoms with Crippen molar-refractivity contribution in [1.82, 2.24) is 4.90 Å². The van der Waals surface area contributed by atoms with Crippen molar-refractivity contribution in [3.63, 3.8) is 0 Å². The monoisotopic (exact) mass is 345 g/mol. The zero-order valence-corrected chi connectivity index (χ0v) is 14.1. The Morgan fingerprint density at radius 1 is 1.00 bits per heavy atom. The molecular formula is C19H21F2N3O. The fourth-order valence-corrected chi connectivity index (χ4v) is 2.99. The predicted octanol–water partition coefficient (Wildman–Crippen LogP) is 3.11. The summed E-state index contributed by atoms with van der Waals surface area (Å²) in [6.45, 7) is 5.04. The Morgan fingerprint density at radius 2 is 1.68 bits per heavy atom. The fourth-order valence-electron chi connectivity index (χ4n) is 2.99. The molecule has 6 heteroatoms. The molecule has 0 bridgehead atoms. The van der Waals surface area contributed by atoms with Crippen LogP contribution in [0, 0.1) is 11.6 Å². The van der Waals surface area contributed by atoms with Gasteiger partial charge in [0.25, 0.3) is 0 Å². The van der Waals surface area contributed by atoms with Gasteiger partial charge in [-0.05, 0) is 31.2 Å². The molecule has 1 saturated heterocycles. The number of para-hydroxylation sites is 1. The van der Waals surface area contributed by atoms with Crippen LogP contribution in [0.3, 0.4) is 0 Å². The number of hydrogen-bond donors (Lipinski definition) is 1. The number of benzene rings is 2. The van der Waals surface area contributed by atoms with Gasteiger partial charge in [0, 0.05) is 43.6 Å². The molecule has 1 heterocycles. The highest BCUT2D eigenvalue weighted by Gasteiger charge is 2.25. The molecule has 4 nitrogen and oxygen atoms in total. The van der Waals surface area contributed by atoms with E-state index < -0.39 is 11.6 Å². The third-order valence-corrected chi connectivity index (χ3v) is 4.55. The molecule has 0 radical (unpaired) electrons. The van der Waals surface area contributed by atoms with E-state index in [4.69, 9.17) is 0 Å². The van der Waals surface area contributed by atoms with Crippen molar-refractivity contribution >= 4 is 17.3 Å². The fraction of sp³-hybridized carbons (Fsp3) is 0.316. The topological polar surface area (TPSA) is 35.6 Å². The molecule has 1 fully saturated rings. The quantitative estimate of drug-likeness (QED) is 0.925. The van der Waals surface area contributed by atoms with E-state index in [2.05, 4.69) is 27.2 Å². The van der Waals surface area contributed by atoms with Crippen LogP contribution in [0.2, 0.25) is 0 Å². The third kappa shape index (κ3) is 4.14. The first kappa shape index (κ1) is 17.4. The molecule has 0 aliphatic carbocycles. The summed E-state index contributed by atoms with van der Waals surface area (Å²) in [6, 6.07) is 13.2. The summed E-state index contributed by atoms with van der Waals surface area (Å²) in [5, 5.41) is 2.65. The van der Waals surface area contributed by atoms with Crippen LogP contribution in [-0.2, 0) is 4.79 Å². The first-order valence-corrected chi connectivity index (χ1v) is 8.34. The number of amides is 1. The first-order chi connectivity index (χ1) is 12.0. The van der Waals surface area contributed by atoms with Crippen molar-refractivity contribution in [3.05, 3.63) is 60.2 Å². The lowest BCUT2D eigenvalue weighted by atomic mass is 10.2. The second kappa shape index (κ2) is 7.61. The Balaban J connectivity index is 1.55.